The van der Waals surface area contributed by atoms with Crippen molar-refractivity contribution >= 4 is 17.5 Å². The summed E-state index contributed by atoms with van der Waals surface area (Å²) < 4.78 is 7.47. The molecule has 32 heavy (non-hydrogen) atoms. The molecule has 7 heteroatoms. The van der Waals surface area contributed by atoms with E-state index in [0.29, 0.717) is 27.9 Å². The Hall–Kier alpha value is -3.89. The molecule has 0 aliphatic rings. The Labute approximate surface area is 190 Å². The van der Waals surface area contributed by atoms with E-state index in [0.717, 1.165) is 16.8 Å². The molecule has 158 valence electrons. The van der Waals surface area contributed by atoms with Crippen LogP contribution in [0.2, 0.25) is 0 Å². The largest absolute Gasteiger partial charge is 0.496 e. The smallest absolute Gasteiger partial charge is 0.196 e. The highest BCUT2D eigenvalue weighted by molar-refractivity contribution is 7.99. The first-order chi connectivity index (χ1) is 15.6. The maximum absolute atomic E-state index is 12.7. The first kappa shape index (κ1) is 21.3. The van der Waals surface area contributed by atoms with Gasteiger partial charge in [-0.2, -0.15) is 5.26 Å². The number of thioether (sulfide) groups is 1. The van der Waals surface area contributed by atoms with Crippen molar-refractivity contribution in [3.8, 4) is 28.9 Å². The number of Topliss-reactive ketones (excluding diaryl/α,β-unsaturated/α-hetero) is 1. The molecule has 0 N–H and O–H groups in total. The van der Waals surface area contributed by atoms with Crippen molar-refractivity contribution in [2.45, 2.75) is 12.1 Å². The molecule has 1 aromatic heterocycles. The van der Waals surface area contributed by atoms with Gasteiger partial charge in [0, 0.05) is 11.3 Å². The fourth-order valence-corrected chi connectivity index (χ4v) is 4.08. The van der Waals surface area contributed by atoms with Crippen LogP contribution in [0.5, 0.6) is 5.75 Å². The summed E-state index contributed by atoms with van der Waals surface area (Å²) in [6.45, 7) is 2.03. The first-order valence-electron chi connectivity index (χ1n) is 9.92. The van der Waals surface area contributed by atoms with Crippen LogP contribution in [-0.4, -0.2) is 33.4 Å². The minimum absolute atomic E-state index is 0.0446. The Morgan fingerprint density at radius 2 is 1.75 bits per heavy atom. The molecule has 0 spiro atoms. The number of ether oxygens (including phenoxy) is 1. The zero-order chi connectivity index (χ0) is 22.5. The number of ketones is 1. The van der Waals surface area contributed by atoms with E-state index in [-0.39, 0.29) is 11.5 Å². The molecular weight excluding hydrogens is 420 g/mol. The average Bonchev–Trinajstić information content (AvgIpc) is 3.26. The van der Waals surface area contributed by atoms with Crippen molar-refractivity contribution in [3.63, 3.8) is 0 Å². The average molecular weight is 441 g/mol. The molecule has 0 radical (unpaired) electrons. The maximum Gasteiger partial charge on any atom is 0.196 e. The van der Waals surface area contributed by atoms with Crippen LogP contribution in [0.15, 0.2) is 78.0 Å². The van der Waals surface area contributed by atoms with Crippen molar-refractivity contribution < 1.29 is 9.53 Å². The van der Waals surface area contributed by atoms with Crippen LogP contribution in [0.3, 0.4) is 0 Å². The minimum Gasteiger partial charge on any atom is -0.496 e. The number of nitrogens with zero attached hydrogens (tertiary/aromatic N) is 4. The molecule has 3 aromatic carbocycles. The van der Waals surface area contributed by atoms with E-state index in [1.165, 1.54) is 11.8 Å². The van der Waals surface area contributed by atoms with Crippen LogP contribution in [0.1, 0.15) is 21.5 Å². The molecular formula is C25H20N4O2S. The maximum atomic E-state index is 12.7. The number of carbonyl (C=O) groups is 1. The van der Waals surface area contributed by atoms with E-state index in [1.807, 2.05) is 60.0 Å². The highest BCUT2D eigenvalue weighted by Crippen LogP contribution is 2.33. The molecule has 4 rings (SSSR count). The van der Waals surface area contributed by atoms with Crippen LogP contribution < -0.4 is 4.74 Å². The summed E-state index contributed by atoms with van der Waals surface area (Å²) in [5, 5.41) is 18.4. The quantitative estimate of drug-likeness (QED) is 0.294. The second-order valence-electron chi connectivity index (χ2n) is 7.08. The van der Waals surface area contributed by atoms with E-state index in [1.54, 1.807) is 31.4 Å². The Kier molecular flexibility index (Phi) is 6.34. The van der Waals surface area contributed by atoms with E-state index < -0.39 is 0 Å². The number of nitriles is 1. The number of hydrogen-bond acceptors (Lipinski definition) is 6. The third-order valence-corrected chi connectivity index (χ3v) is 5.87. The normalized spacial score (nSPS) is 10.5. The first-order valence-corrected chi connectivity index (χ1v) is 10.9. The molecule has 0 aliphatic carbocycles. The number of methoxy groups -OCH3 is 1. The van der Waals surface area contributed by atoms with Crippen LogP contribution in [0, 0.1) is 18.3 Å². The van der Waals surface area contributed by atoms with Gasteiger partial charge in [-0.15, -0.1) is 10.2 Å². The van der Waals surface area contributed by atoms with Crippen molar-refractivity contribution in [1.29, 1.82) is 5.26 Å². The SMILES string of the molecule is COc1ccccc1-c1nnc(SCC(=O)c2ccc(C#N)cc2)n1-c1ccc(C)cc1. The molecule has 0 saturated heterocycles. The van der Waals surface area contributed by atoms with Gasteiger partial charge in [0.1, 0.15) is 5.75 Å². The molecule has 0 aliphatic heterocycles. The number of rotatable bonds is 7. The lowest BCUT2D eigenvalue weighted by atomic mass is 10.1. The summed E-state index contributed by atoms with van der Waals surface area (Å²) in [7, 11) is 1.62. The van der Waals surface area contributed by atoms with Crippen molar-refractivity contribution in [2.75, 3.05) is 12.9 Å². The van der Waals surface area contributed by atoms with Crippen molar-refractivity contribution in [3.05, 3.63) is 89.5 Å². The van der Waals surface area contributed by atoms with Gasteiger partial charge in [-0.3, -0.25) is 9.36 Å². The number of carbonyl (C=O) groups excluding carboxylic acids is 1. The summed E-state index contributed by atoms with van der Waals surface area (Å²) >= 11 is 1.32. The number of aryl methyl sites for hydroxylation is 1. The van der Waals surface area contributed by atoms with Gasteiger partial charge >= 0.3 is 0 Å². The predicted octanol–water partition coefficient (Wildman–Crippen LogP) is 5.10. The van der Waals surface area contributed by atoms with Gasteiger partial charge in [0.15, 0.2) is 16.8 Å². The third kappa shape index (κ3) is 4.41. The lowest BCUT2D eigenvalue weighted by Gasteiger charge is -2.12. The fourth-order valence-electron chi connectivity index (χ4n) is 3.24. The molecule has 1 heterocycles. The summed E-state index contributed by atoms with van der Waals surface area (Å²) in [5.41, 5.74) is 3.94. The minimum atomic E-state index is -0.0446. The van der Waals surface area contributed by atoms with Crippen molar-refractivity contribution in [2.24, 2.45) is 0 Å². The highest BCUT2D eigenvalue weighted by atomic mass is 32.2. The molecule has 0 bridgehead atoms. The second-order valence-corrected chi connectivity index (χ2v) is 8.02. The molecule has 6 nitrogen and oxygen atoms in total. The summed E-state index contributed by atoms with van der Waals surface area (Å²) in [6.07, 6.45) is 0. The fraction of sp³-hybridized carbons (Fsp3) is 0.120. The Morgan fingerprint density at radius 1 is 1.03 bits per heavy atom. The summed E-state index contributed by atoms with van der Waals surface area (Å²) in [6, 6.07) is 24.4. The zero-order valence-electron chi connectivity index (χ0n) is 17.6. The number of benzene rings is 3. The molecule has 0 amide bonds. The van der Waals surface area contributed by atoms with E-state index in [9.17, 15) is 4.79 Å². The van der Waals surface area contributed by atoms with Gasteiger partial charge in [0.05, 0.1) is 30.1 Å². The monoisotopic (exact) mass is 440 g/mol. The Balaban J connectivity index is 1.69. The number of aromatic nitrogens is 3. The van der Waals surface area contributed by atoms with Gasteiger partial charge < -0.3 is 4.74 Å². The standard InChI is InChI=1S/C25H20N4O2S/c1-17-7-13-20(14-8-17)29-24(21-5-3-4-6-23(21)31-2)27-28-25(29)32-16-22(30)19-11-9-18(15-26)10-12-19/h3-14H,16H2,1-2H3. The van der Waals surface area contributed by atoms with Gasteiger partial charge in [-0.05, 0) is 43.3 Å². The summed E-state index contributed by atoms with van der Waals surface area (Å²) in [5.74, 6) is 1.48. The van der Waals surface area contributed by atoms with Crippen LogP contribution >= 0.6 is 11.8 Å². The van der Waals surface area contributed by atoms with E-state index in [4.69, 9.17) is 10.00 Å². The van der Waals surface area contributed by atoms with E-state index in [2.05, 4.69) is 16.3 Å². The van der Waals surface area contributed by atoms with Gasteiger partial charge in [0.2, 0.25) is 0 Å². The van der Waals surface area contributed by atoms with Gasteiger partial charge in [-0.25, -0.2) is 0 Å². The molecule has 0 atom stereocenters. The Bertz CT molecular complexity index is 1290. The van der Waals surface area contributed by atoms with Crippen LogP contribution in [-0.2, 0) is 0 Å². The van der Waals surface area contributed by atoms with E-state index >= 15 is 0 Å². The van der Waals surface area contributed by atoms with Gasteiger partial charge in [0.25, 0.3) is 0 Å². The number of hydrogen-bond donors (Lipinski definition) is 0. The second kappa shape index (κ2) is 9.50. The number of para-hydroxylation sites is 1. The molecule has 0 unspecified atom stereocenters. The topological polar surface area (TPSA) is 80.8 Å². The lowest BCUT2D eigenvalue weighted by Crippen LogP contribution is -2.05. The third-order valence-electron chi connectivity index (χ3n) is 4.94. The molecule has 0 fully saturated rings. The summed E-state index contributed by atoms with van der Waals surface area (Å²) in [4.78, 5) is 12.7. The Morgan fingerprint density at radius 3 is 2.44 bits per heavy atom. The molecule has 0 saturated carbocycles. The lowest BCUT2D eigenvalue weighted by molar-refractivity contribution is 0.102. The zero-order valence-corrected chi connectivity index (χ0v) is 18.5. The van der Waals surface area contributed by atoms with Crippen molar-refractivity contribution in [1.82, 2.24) is 14.8 Å². The molecule has 4 aromatic rings. The predicted molar refractivity (Wildman–Crippen MR) is 124 cm³/mol. The highest BCUT2D eigenvalue weighted by Gasteiger charge is 2.20. The van der Waals surface area contributed by atoms with Gasteiger partial charge in [-0.1, -0.05) is 53.7 Å². The van der Waals surface area contributed by atoms with Crippen LogP contribution in [0.4, 0.5) is 0 Å². The van der Waals surface area contributed by atoms with Crippen LogP contribution in [0.25, 0.3) is 17.1 Å².